The standard InChI is InChI=1S/C21H33N3O2/c1-15(22-16-12-13-16)20-14-19(23-26-20)21(25)24(17-8-4-2-5-9-17)18-10-6-3-7-11-18/h14-18,22H,2-13H2,1H3. The fraction of sp³-hybridized carbons (Fsp3) is 0.810. The smallest absolute Gasteiger partial charge is 0.276 e. The molecule has 5 heteroatoms. The van der Waals surface area contributed by atoms with E-state index in [9.17, 15) is 4.79 Å². The zero-order valence-electron chi connectivity index (χ0n) is 16.1. The van der Waals surface area contributed by atoms with Crippen LogP contribution in [0.1, 0.15) is 106 Å². The Kier molecular flexibility index (Phi) is 5.63. The molecule has 4 rings (SSSR count). The van der Waals surface area contributed by atoms with Crippen LogP contribution in [0.4, 0.5) is 0 Å². The summed E-state index contributed by atoms with van der Waals surface area (Å²) in [7, 11) is 0. The summed E-state index contributed by atoms with van der Waals surface area (Å²) in [5, 5.41) is 7.69. The lowest BCUT2D eigenvalue weighted by Crippen LogP contribution is -2.48. The second-order valence-corrected chi connectivity index (χ2v) is 8.57. The molecule has 0 bridgehead atoms. The van der Waals surface area contributed by atoms with E-state index in [-0.39, 0.29) is 11.9 Å². The molecule has 3 fully saturated rings. The molecular weight excluding hydrogens is 326 g/mol. The summed E-state index contributed by atoms with van der Waals surface area (Å²) < 4.78 is 5.54. The maximum atomic E-state index is 13.4. The molecule has 0 aliphatic heterocycles. The Hall–Kier alpha value is -1.36. The van der Waals surface area contributed by atoms with Crippen LogP contribution in [0.5, 0.6) is 0 Å². The SMILES string of the molecule is CC(NC1CC1)c1cc(C(=O)N(C2CCCCC2)C2CCCCC2)no1. The molecule has 1 atom stereocenters. The molecule has 0 saturated heterocycles. The highest BCUT2D eigenvalue weighted by atomic mass is 16.5. The lowest BCUT2D eigenvalue weighted by molar-refractivity contribution is 0.0438. The predicted octanol–water partition coefficient (Wildman–Crippen LogP) is 4.60. The minimum atomic E-state index is 0.0948. The number of rotatable bonds is 6. The largest absolute Gasteiger partial charge is 0.359 e. The van der Waals surface area contributed by atoms with E-state index in [0.717, 1.165) is 31.4 Å². The van der Waals surface area contributed by atoms with Crippen molar-refractivity contribution in [1.29, 1.82) is 0 Å². The van der Waals surface area contributed by atoms with Crippen molar-refractivity contribution in [3.63, 3.8) is 0 Å². The van der Waals surface area contributed by atoms with E-state index < -0.39 is 0 Å². The summed E-state index contributed by atoms with van der Waals surface area (Å²) in [5.41, 5.74) is 0.501. The van der Waals surface area contributed by atoms with Gasteiger partial charge in [-0.15, -0.1) is 0 Å². The van der Waals surface area contributed by atoms with Crippen molar-refractivity contribution in [1.82, 2.24) is 15.4 Å². The van der Waals surface area contributed by atoms with Crippen molar-refractivity contribution >= 4 is 5.91 Å². The molecule has 5 nitrogen and oxygen atoms in total. The van der Waals surface area contributed by atoms with Crippen LogP contribution in [0.2, 0.25) is 0 Å². The molecule has 3 aliphatic carbocycles. The molecule has 0 spiro atoms. The summed E-state index contributed by atoms with van der Waals surface area (Å²) in [5.74, 6) is 0.880. The lowest BCUT2D eigenvalue weighted by Gasteiger charge is -2.41. The first-order valence-corrected chi connectivity index (χ1v) is 10.8. The fourth-order valence-corrected chi connectivity index (χ4v) is 4.76. The van der Waals surface area contributed by atoms with Crippen molar-refractivity contribution in [3.8, 4) is 0 Å². The minimum Gasteiger partial charge on any atom is -0.359 e. The van der Waals surface area contributed by atoms with E-state index in [1.807, 2.05) is 6.07 Å². The van der Waals surface area contributed by atoms with Crippen LogP contribution in [-0.2, 0) is 0 Å². The molecule has 1 aromatic rings. The molecule has 1 amide bonds. The van der Waals surface area contributed by atoms with Crippen molar-refractivity contribution in [3.05, 3.63) is 17.5 Å². The first-order chi connectivity index (χ1) is 12.7. The van der Waals surface area contributed by atoms with Gasteiger partial charge in [-0.25, -0.2) is 0 Å². The van der Waals surface area contributed by atoms with E-state index in [1.54, 1.807) is 0 Å². The lowest BCUT2D eigenvalue weighted by atomic mass is 9.88. The molecule has 1 aromatic heterocycles. The summed E-state index contributed by atoms with van der Waals surface area (Å²) in [6.07, 6.45) is 14.6. The summed E-state index contributed by atoms with van der Waals surface area (Å²) >= 11 is 0. The van der Waals surface area contributed by atoms with Gasteiger partial charge in [0.15, 0.2) is 11.5 Å². The molecule has 26 heavy (non-hydrogen) atoms. The van der Waals surface area contributed by atoms with Crippen LogP contribution in [0, 0.1) is 0 Å². The fourth-order valence-electron chi connectivity index (χ4n) is 4.76. The van der Waals surface area contributed by atoms with Gasteiger partial charge in [0.25, 0.3) is 5.91 Å². The molecule has 0 radical (unpaired) electrons. The molecule has 3 aliphatic rings. The number of carbonyl (C=O) groups excluding carboxylic acids is 1. The van der Waals surface area contributed by atoms with Gasteiger partial charge in [-0.2, -0.15) is 0 Å². The van der Waals surface area contributed by atoms with Gasteiger partial charge in [-0.1, -0.05) is 43.7 Å². The summed E-state index contributed by atoms with van der Waals surface area (Å²) in [6.45, 7) is 2.09. The second-order valence-electron chi connectivity index (χ2n) is 8.57. The van der Waals surface area contributed by atoms with Gasteiger partial charge in [0, 0.05) is 24.2 Å². The zero-order valence-corrected chi connectivity index (χ0v) is 16.1. The zero-order chi connectivity index (χ0) is 17.9. The van der Waals surface area contributed by atoms with Crippen LogP contribution in [0.3, 0.4) is 0 Å². The van der Waals surface area contributed by atoms with Crippen molar-refractivity contribution in [2.24, 2.45) is 0 Å². The van der Waals surface area contributed by atoms with Crippen LogP contribution in [0.25, 0.3) is 0 Å². The van der Waals surface area contributed by atoms with Gasteiger partial charge in [0.05, 0.1) is 6.04 Å². The maximum absolute atomic E-state index is 13.4. The van der Waals surface area contributed by atoms with E-state index in [1.165, 1.54) is 51.4 Å². The number of aromatic nitrogens is 1. The van der Waals surface area contributed by atoms with Gasteiger partial charge in [0.1, 0.15) is 0 Å². The van der Waals surface area contributed by atoms with Crippen LogP contribution in [-0.4, -0.2) is 34.1 Å². The Labute approximate surface area is 156 Å². The Balaban J connectivity index is 1.50. The number of amides is 1. The predicted molar refractivity (Wildman–Crippen MR) is 101 cm³/mol. The molecule has 3 saturated carbocycles. The van der Waals surface area contributed by atoms with E-state index in [2.05, 4.69) is 22.3 Å². The Morgan fingerprint density at radius 2 is 1.62 bits per heavy atom. The molecule has 1 heterocycles. The summed E-state index contributed by atoms with van der Waals surface area (Å²) in [4.78, 5) is 15.6. The molecule has 1 unspecified atom stereocenters. The molecule has 144 valence electrons. The van der Waals surface area contributed by atoms with Gasteiger partial charge < -0.3 is 14.7 Å². The van der Waals surface area contributed by atoms with E-state index in [4.69, 9.17) is 4.52 Å². The Bertz CT molecular complexity index is 580. The van der Waals surface area contributed by atoms with Crippen LogP contribution >= 0.6 is 0 Å². The van der Waals surface area contributed by atoms with Crippen molar-refractivity contribution < 1.29 is 9.32 Å². The molecule has 1 N–H and O–H groups in total. The van der Waals surface area contributed by atoms with Crippen molar-refractivity contribution in [2.75, 3.05) is 0 Å². The quantitative estimate of drug-likeness (QED) is 0.807. The minimum absolute atomic E-state index is 0.0948. The molecule has 0 aromatic carbocycles. The normalized spacial score (nSPS) is 23.7. The number of carbonyl (C=O) groups is 1. The number of hydrogen-bond acceptors (Lipinski definition) is 4. The highest BCUT2D eigenvalue weighted by Gasteiger charge is 2.35. The highest BCUT2D eigenvalue weighted by molar-refractivity contribution is 5.92. The highest BCUT2D eigenvalue weighted by Crippen LogP contribution is 2.32. The van der Waals surface area contributed by atoms with E-state index in [0.29, 0.717) is 23.8 Å². The Morgan fingerprint density at radius 3 is 2.15 bits per heavy atom. The van der Waals surface area contributed by atoms with Crippen molar-refractivity contribution in [2.45, 2.75) is 108 Å². The number of nitrogens with one attached hydrogen (secondary N) is 1. The number of nitrogens with zero attached hydrogens (tertiary/aromatic N) is 2. The summed E-state index contributed by atoms with van der Waals surface area (Å²) in [6, 6.07) is 3.38. The molecular formula is C21H33N3O2. The van der Waals surface area contributed by atoms with Gasteiger partial charge in [0.2, 0.25) is 0 Å². The first-order valence-electron chi connectivity index (χ1n) is 10.8. The Morgan fingerprint density at radius 1 is 1.04 bits per heavy atom. The van der Waals surface area contributed by atoms with Crippen LogP contribution < -0.4 is 5.32 Å². The average molecular weight is 360 g/mol. The van der Waals surface area contributed by atoms with Gasteiger partial charge in [-0.3, -0.25) is 4.79 Å². The van der Waals surface area contributed by atoms with Crippen LogP contribution in [0.15, 0.2) is 10.6 Å². The average Bonchev–Trinajstić information content (AvgIpc) is 3.35. The third-order valence-electron chi connectivity index (χ3n) is 6.41. The second kappa shape index (κ2) is 8.12. The van der Waals surface area contributed by atoms with E-state index >= 15 is 0 Å². The first kappa shape index (κ1) is 18.0. The van der Waals surface area contributed by atoms with Gasteiger partial charge >= 0.3 is 0 Å². The maximum Gasteiger partial charge on any atom is 0.276 e. The topological polar surface area (TPSA) is 58.4 Å². The number of hydrogen-bond donors (Lipinski definition) is 1. The monoisotopic (exact) mass is 359 g/mol. The third-order valence-corrected chi connectivity index (χ3v) is 6.41. The third kappa shape index (κ3) is 4.13. The van der Waals surface area contributed by atoms with Gasteiger partial charge in [-0.05, 0) is 45.4 Å².